The van der Waals surface area contributed by atoms with Gasteiger partial charge in [-0.05, 0) is 24.8 Å². The summed E-state index contributed by atoms with van der Waals surface area (Å²) in [5.41, 5.74) is 1.57. The summed E-state index contributed by atoms with van der Waals surface area (Å²) >= 11 is 0. The Morgan fingerprint density at radius 2 is 1.92 bits per heavy atom. The van der Waals surface area contributed by atoms with Crippen LogP contribution >= 0.6 is 0 Å². The second-order valence-corrected chi connectivity index (χ2v) is 4.53. The molecule has 0 aromatic heterocycles. The van der Waals surface area contributed by atoms with Crippen molar-refractivity contribution in [1.82, 2.24) is 5.32 Å². The van der Waals surface area contributed by atoms with Crippen LogP contribution in [-0.4, -0.2) is 11.9 Å². The van der Waals surface area contributed by atoms with E-state index in [1.165, 1.54) is 5.57 Å². The monoisotopic (exact) mass is 166 g/mol. The minimum absolute atomic E-state index is 0.262. The van der Waals surface area contributed by atoms with E-state index in [0.29, 0.717) is 6.04 Å². The highest BCUT2D eigenvalue weighted by Crippen LogP contribution is 2.26. The van der Waals surface area contributed by atoms with Crippen molar-refractivity contribution in [3.8, 4) is 0 Å². The molecule has 68 valence electrons. The van der Waals surface area contributed by atoms with E-state index in [0.717, 1.165) is 5.84 Å². The highest BCUT2D eigenvalue weighted by Gasteiger charge is 2.27. The summed E-state index contributed by atoms with van der Waals surface area (Å²) in [6.07, 6.45) is 1.96. The van der Waals surface area contributed by atoms with E-state index in [1.807, 2.05) is 13.1 Å². The first kappa shape index (κ1) is 9.30. The van der Waals surface area contributed by atoms with Gasteiger partial charge in [-0.15, -0.1) is 0 Å². The molecule has 1 heterocycles. The fourth-order valence-corrected chi connectivity index (χ4v) is 1.53. The highest BCUT2D eigenvalue weighted by atomic mass is 15.0. The SMILES string of the molecule is CC1=CN=C(C)NC1C(C)(C)C. The van der Waals surface area contributed by atoms with Gasteiger partial charge < -0.3 is 5.32 Å². The third kappa shape index (κ3) is 1.87. The van der Waals surface area contributed by atoms with Gasteiger partial charge in [0.2, 0.25) is 0 Å². The number of nitrogens with one attached hydrogen (secondary N) is 1. The Labute approximate surface area is 74.8 Å². The molecule has 0 saturated heterocycles. The number of hydrogen-bond acceptors (Lipinski definition) is 2. The molecule has 1 aliphatic rings. The lowest BCUT2D eigenvalue weighted by Gasteiger charge is -2.34. The van der Waals surface area contributed by atoms with Gasteiger partial charge in [-0.3, -0.25) is 0 Å². The molecule has 0 aliphatic carbocycles. The van der Waals surface area contributed by atoms with Crippen LogP contribution in [0.3, 0.4) is 0 Å². The molecule has 12 heavy (non-hydrogen) atoms. The molecule has 0 radical (unpaired) electrons. The molecule has 2 heteroatoms. The second-order valence-electron chi connectivity index (χ2n) is 4.53. The quantitative estimate of drug-likeness (QED) is 0.587. The Bertz CT molecular complexity index is 231. The van der Waals surface area contributed by atoms with Crippen LogP contribution in [0, 0.1) is 5.41 Å². The molecule has 1 rings (SSSR count). The number of hydrogen-bond donors (Lipinski definition) is 1. The minimum atomic E-state index is 0.262. The van der Waals surface area contributed by atoms with Crippen LogP contribution in [0.1, 0.15) is 34.6 Å². The third-order valence-electron chi connectivity index (χ3n) is 2.14. The average molecular weight is 166 g/mol. The fraction of sp³-hybridized carbons (Fsp3) is 0.700. The first-order valence-electron chi connectivity index (χ1n) is 4.39. The Morgan fingerprint density at radius 1 is 1.33 bits per heavy atom. The summed E-state index contributed by atoms with van der Waals surface area (Å²) in [5.74, 6) is 1.01. The number of amidine groups is 1. The van der Waals surface area contributed by atoms with Crippen LogP contribution < -0.4 is 5.32 Å². The van der Waals surface area contributed by atoms with Gasteiger partial charge in [0.15, 0.2) is 0 Å². The van der Waals surface area contributed by atoms with Gasteiger partial charge in [0, 0.05) is 6.20 Å². The third-order valence-corrected chi connectivity index (χ3v) is 2.14. The van der Waals surface area contributed by atoms with E-state index in [-0.39, 0.29) is 5.41 Å². The van der Waals surface area contributed by atoms with Crippen LogP contribution in [-0.2, 0) is 0 Å². The molecule has 0 fully saturated rings. The normalized spacial score (nSPS) is 24.2. The summed E-state index contributed by atoms with van der Waals surface area (Å²) in [6, 6.07) is 0.426. The second kappa shape index (κ2) is 2.92. The first-order valence-corrected chi connectivity index (χ1v) is 4.39. The molecule has 0 spiro atoms. The standard InChI is InChI=1S/C10H18N2/c1-7-6-11-8(2)12-9(7)10(3,4)5/h6,9H,1-5H3,(H,11,12). The van der Waals surface area contributed by atoms with Gasteiger partial charge >= 0.3 is 0 Å². The molecule has 0 aromatic carbocycles. The van der Waals surface area contributed by atoms with Gasteiger partial charge in [-0.1, -0.05) is 20.8 Å². The van der Waals surface area contributed by atoms with Crippen molar-refractivity contribution in [1.29, 1.82) is 0 Å². The Balaban J connectivity index is 2.84. The van der Waals surface area contributed by atoms with Gasteiger partial charge in [-0.25, -0.2) is 4.99 Å². The summed E-state index contributed by atoms with van der Waals surface area (Å²) in [4.78, 5) is 4.22. The van der Waals surface area contributed by atoms with Crippen LogP contribution in [0.4, 0.5) is 0 Å². The van der Waals surface area contributed by atoms with E-state index in [2.05, 4.69) is 38.0 Å². The summed E-state index contributed by atoms with van der Waals surface area (Å²) in [7, 11) is 0. The predicted octanol–water partition coefficient (Wildman–Crippen LogP) is 2.33. The van der Waals surface area contributed by atoms with Crippen LogP contribution in [0.25, 0.3) is 0 Å². The molecule has 0 amide bonds. The fourth-order valence-electron chi connectivity index (χ4n) is 1.53. The molecule has 1 N–H and O–H groups in total. The summed E-state index contributed by atoms with van der Waals surface area (Å²) < 4.78 is 0. The molecular formula is C10H18N2. The molecule has 0 saturated carbocycles. The molecular weight excluding hydrogens is 148 g/mol. The number of aliphatic imine (C=N–C) groups is 1. The lowest BCUT2D eigenvalue weighted by molar-refractivity contribution is 0.328. The summed E-state index contributed by atoms with van der Waals surface area (Å²) in [5, 5.41) is 3.39. The average Bonchev–Trinajstić information content (AvgIpc) is 1.92. The minimum Gasteiger partial charge on any atom is -0.367 e. The Hall–Kier alpha value is -0.790. The number of rotatable bonds is 0. The van der Waals surface area contributed by atoms with E-state index in [1.54, 1.807) is 0 Å². The molecule has 1 aliphatic heterocycles. The predicted molar refractivity (Wildman–Crippen MR) is 53.2 cm³/mol. The van der Waals surface area contributed by atoms with E-state index >= 15 is 0 Å². The maximum absolute atomic E-state index is 4.22. The largest absolute Gasteiger partial charge is 0.367 e. The van der Waals surface area contributed by atoms with Crippen molar-refractivity contribution in [2.45, 2.75) is 40.7 Å². The molecule has 0 bridgehead atoms. The molecule has 1 atom stereocenters. The molecule has 0 aromatic rings. The van der Waals surface area contributed by atoms with E-state index in [4.69, 9.17) is 0 Å². The van der Waals surface area contributed by atoms with Crippen LogP contribution in [0.2, 0.25) is 0 Å². The lowest BCUT2D eigenvalue weighted by Crippen LogP contribution is -2.45. The van der Waals surface area contributed by atoms with E-state index in [9.17, 15) is 0 Å². The maximum atomic E-state index is 4.22. The molecule has 2 nitrogen and oxygen atoms in total. The van der Waals surface area contributed by atoms with Crippen LogP contribution in [0.15, 0.2) is 16.8 Å². The lowest BCUT2D eigenvalue weighted by atomic mass is 9.82. The topological polar surface area (TPSA) is 24.4 Å². The van der Waals surface area contributed by atoms with Crippen LogP contribution in [0.5, 0.6) is 0 Å². The zero-order valence-electron chi connectivity index (χ0n) is 8.60. The van der Waals surface area contributed by atoms with Crippen molar-refractivity contribution in [3.05, 3.63) is 11.8 Å². The highest BCUT2D eigenvalue weighted by molar-refractivity contribution is 5.81. The smallest absolute Gasteiger partial charge is 0.0988 e. The van der Waals surface area contributed by atoms with Gasteiger partial charge in [0.05, 0.1) is 11.9 Å². The van der Waals surface area contributed by atoms with Gasteiger partial charge in [-0.2, -0.15) is 0 Å². The van der Waals surface area contributed by atoms with Gasteiger partial charge in [0.25, 0.3) is 0 Å². The maximum Gasteiger partial charge on any atom is 0.0988 e. The van der Waals surface area contributed by atoms with Crippen molar-refractivity contribution in [2.75, 3.05) is 0 Å². The molecule has 1 unspecified atom stereocenters. The van der Waals surface area contributed by atoms with Crippen molar-refractivity contribution in [3.63, 3.8) is 0 Å². The zero-order valence-corrected chi connectivity index (χ0v) is 8.60. The van der Waals surface area contributed by atoms with E-state index < -0.39 is 0 Å². The first-order chi connectivity index (χ1) is 5.41. The van der Waals surface area contributed by atoms with Crippen molar-refractivity contribution < 1.29 is 0 Å². The van der Waals surface area contributed by atoms with Crippen molar-refractivity contribution >= 4 is 5.84 Å². The zero-order chi connectivity index (χ0) is 9.35. The van der Waals surface area contributed by atoms with Gasteiger partial charge in [0.1, 0.15) is 0 Å². The van der Waals surface area contributed by atoms with Crippen molar-refractivity contribution in [2.24, 2.45) is 10.4 Å². The number of nitrogens with zero attached hydrogens (tertiary/aromatic N) is 1. The summed E-state index contributed by atoms with van der Waals surface area (Å²) in [6.45, 7) is 10.8. The Morgan fingerprint density at radius 3 is 2.33 bits per heavy atom. The Kier molecular flexibility index (Phi) is 2.27.